The average Bonchev–Trinajstić information content (AvgIpc) is 2.04. The Hall–Kier alpha value is -0.452. The minimum absolute atomic E-state index is 0. The van der Waals surface area contributed by atoms with Gasteiger partial charge in [-0.3, -0.25) is 0 Å². The third kappa shape index (κ3) is 11.5. The second kappa shape index (κ2) is 12.5. The van der Waals surface area contributed by atoms with Crippen molar-refractivity contribution in [2.45, 2.75) is 13.3 Å². The molecule has 0 aromatic carbocycles. The van der Waals surface area contributed by atoms with Crippen LogP contribution in [-0.2, 0) is 30.7 Å². The van der Waals surface area contributed by atoms with Crippen LogP contribution in [0.25, 0.3) is 11.5 Å². The summed E-state index contributed by atoms with van der Waals surface area (Å²) in [6.45, 7) is 1.91. The summed E-state index contributed by atoms with van der Waals surface area (Å²) in [6, 6.07) is 0. The second-order valence-electron chi connectivity index (χ2n) is 2.10. The van der Waals surface area contributed by atoms with Gasteiger partial charge in [0.15, 0.2) is 0 Å². The van der Waals surface area contributed by atoms with E-state index >= 15 is 0 Å². The Bertz CT molecular complexity index is 150. The molecule has 14 heavy (non-hydrogen) atoms. The first-order valence-corrected chi connectivity index (χ1v) is 3.72. The summed E-state index contributed by atoms with van der Waals surface area (Å²) >= 11 is 0. The predicted octanol–water partition coefficient (Wildman–Crippen LogP) is -1.40. The quantitative estimate of drug-likeness (QED) is 0.553. The maximum absolute atomic E-state index is 9.84. The first-order valence-electron chi connectivity index (χ1n) is 3.72. The van der Waals surface area contributed by atoms with E-state index in [2.05, 4.69) is 0 Å². The van der Waals surface area contributed by atoms with Crippen molar-refractivity contribution < 1.29 is 40.9 Å². The molecule has 7 heteroatoms. The van der Waals surface area contributed by atoms with E-state index in [0.29, 0.717) is 0 Å². The molecule has 84 valence electrons. The molecule has 0 radical (unpaired) electrons. The zero-order chi connectivity index (χ0) is 10.9. The van der Waals surface area contributed by atoms with E-state index in [9.17, 15) is 19.8 Å². The molecule has 0 saturated carbocycles. The van der Waals surface area contributed by atoms with Crippen molar-refractivity contribution in [1.29, 1.82) is 0 Å². The van der Waals surface area contributed by atoms with Crippen LogP contribution in [0.15, 0.2) is 0 Å². The molecule has 0 aliphatic carbocycles. The fourth-order valence-corrected chi connectivity index (χ4v) is 0.430. The Balaban J connectivity index is -0.000000209. The first kappa shape index (κ1) is 19.2. The maximum Gasteiger partial charge on any atom is 4.00 e. The van der Waals surface area contributed by atoms with Crippen molar-refractivity contribution in [3.8, 4) is 0 Å². The molecule has 0 fully saturated rings. The fourth-order valence-electron chi connectivity index (χ4n) is 0.430. The summed E-state index contributed by atoms with van der Waals surface area (Å²) in [5, 5.41) is 19.7. The van der Waals surface area contributed by atoms with Gasteiger partial charge in [-0.15, -0.1) is 0 Å². The van der Waals surface area contributed by atoms with Crippen LogP contribution in [0.1, 0.15) is 13.3 Å². The molecular formula is C7H12N2O4Pt. The summed E-state index contributed by atoms with van der Waals surface area (Å²) in [7, 11) is 0. The van der Waals surface area contributed by atoms with Gasteiger partial charge in [-0.2, -0.15) is 13.1 Å². The molecule has 0 spiro atoms. The molecule has 0 heterocycles. The van der Waals surface area contributed by atoms with Gasteiger partial charge in [0.25, 0.3) is 0 Å². The van der Waals surface area contributed by atoms with Crippen molar-refractivity contribution in [3.63, 3.8) is 0 Å². The summed E-state index contributed by atoms with van der Waals surface area (Å²) in [4.78, 5) is 19.7. The molecule has 0 aromatic heterocycles. The van der Waals surface area contributed by atoms with Gasteiger partial charge in [0, 0.05) is 5.92 Å². The molecule has 0 amide bonds. The van der Waals surface area contributed by atoms with Gasteiger partial charge < -0.3 is 31.3 Å². The van der Waals surface area contributed by atoms with Gasteiger partial charge in [0.1, 0.15) is 0 Å². The largest absolute Gasteiger partial charge is 4.00 e. The number of hydrogen-bond acceptors (Lipinski definition) is 4. The Morgan fingerprint density at radius 2 is 1.43 bits per heavy atom. The van der Waals surface area contributed by atoms with Crippen molar-refractivity contribution in [1.82, 2.24) is 0 Å². The van der Waals surface area contributed by atoms with Crippen LogP contribution in [0, 0.1) is 5.92 Å². The number of rotatable bonds is 4. The third-order valence-electron chi connectivity index (χ3n) is 1.10. The molecule has 0 bridgehead atoms. The molecule has 0 saturated heterocycles. The molecule has 0 unspecified atom stereocenters. The number of carbonyl (C=O) groups excluding carboxylic acids is 2. The van der Waals surface area contributed by atoms with E-state index in [0.717, 1.165) is 0 Å². The van der Waals surface area contributed by atoms with E-state index in [1.54, 1.807) is 0 Å². The SMILES string of the molecule is CCC(C(=O)[O-])C(=O)[O-].[NH-]CC[NH-].[Pt+4]. The van der Waals surface area contributed by atoms with Crippen molar-refractivity contribution in [2.24, 2.45) is 5.92 Å². The summed E-state index contributed by atoms with van der Waals surface area (Å²) in [5.74, 6) is -4.64. The van der Waals surface area contributed by atoms with Gasteiger partial charge in [-0.1, -0.05) is 6.92 Å². The molecule has 0 rings (SSSR count). The van der Waals surface area contributed by atoms with Gasteiger partial charge in [-0.25, -0.2) is 0 Å². The number of aliphatic carboxylic acids is 2. The Kier molecular flexibility index (Phi) is 17.2. The summed E-state index contributed by atoms with van der Waals surface area (Å²) in [6.07, 6.45) is 0.00463. The van der Waals surface area contributed by atoms with E-state index in [1.807, 2.05) is 0 Å². The predicted molar refractivity (Wildman–Crippen MR) is 42.2 cm³/mol. The smallest absolute Gasteiger partial charge is 0.679 e. The van der Waals surface area contributed by atoms with Gasteiger partial charge >= 0.3 is 21.1 Å². The zero-order valence-corrected chi connectivity index (χ0v) is 9.92. The number of carboxylic acid groups (broad SMARTS) is 2. The first-order chi connectivity index (χ1) is 6.01. The molecule has 0 atom stereocenters. The standard InChI is InChI=1S/C5H8O4.C2H6N2.Pt/c1-2-3(4(6)7)5(8)9;3-1-2-4;/h3H,2H2,1H3,(H,6,7)(H,8,9);3-4H,1-2H2;/q;-2;+4/p-2. The average molecular weight is 383 g/mol. The van der Waals surface area contributed by atoms with E-state index in [4.69, 9.17) is 11.5 Å². The number of carboxylic acids is 2. The minimum Gasteiger partial charge on any atom is -0.679 e. The monoisotopic (exact) mass is 383 g/mol. The molecule has 0 aromatic rings. The van der Waals surface area contributed by atoms with Crippen LogP contribution in [0.2, 0.25) is 0 Å². The molecular weight excluding hydrogens is 371 g/mol. The van der Waals surface area contributed by atoms with Crippen LogP contribution in [-0.4, -0.2) is 25.0 Å². The van der Waals surface area contributed by atoms with E-state index in [-0.39, 0.29) is 40.6 Å². The second-order valence-corrected chi connectivity index (χ2v) is 2.10. The van der Waals surface area contributed by atoms with E-state index < -0.39 is 17.9 Å². The Morgan fingerprint density at radius 1 is 1.14 bits per heavy atom. The van der Waals surface area contributed by atoms with Crippen molar-refractivity contribution in [3.05, 3.63) is 11.5 Å². The third-order valence-corrected chi connectivity index (χ3v) is 1.10. The van der Waals surface area contributed by atoms with Crippen LogP contribution >= 0.6 is 0 Å². The molecule has 2 N–H and O–H groups in total. The summed E-state index contributed by atoms with van der Waals surface area (Å²) in [5.41, 5.74) is 12.5. The van der Waals surface area contributed by atoms with Gasteiger partial charge in [-0.05, 0) is 6.42 Å². The Morgan fingerprint density at radius 3 is 1.43 bits per heavy atom. The maximum atomic E-state index is 9.84. The fraction of sp³-hybridized carbons (Fsp3) is 0.714. The van der Waals surface area contributed by atoms with Crippen molar-refractivity contribution in [2.75, 3.05) is 13.1 Å². The van der Waals surface area contributed by atoms with Crippen LogP contribution in [0.3, 0.4) is 0 Å². The molecule has 0 aliphatic heterocycles. The van der Waals surface area contributed by atoms with Gasteiger partial charge in [0.2, 0.25) is 0 Å². The van der Waals surface area contributed by atoms with Crippen LogP contribution in [0.4, 0.5) is 0 Å². The molecule has 0 aliphatic rings. The number of carbonyl (C=O) groups is 2. The van der Waals surface area contributed by atoms with E-state index in [1.165, 1.54) is 6.92 Å². The van der Waals surface area contributed by atoms with Crippen LogP contribution < -0.4 is 10.2 Å². The van der Waals surface area contributed by atoms with Crippen molar-refractivity contribution >= 4 is 11.9 Å². The molecule has 6 nitrogen and oxygen atoms in total. The summed E-state index contributed by atoms with van der Waals surface area (Å²) < 4.78 is 0. The normalized spacial score (nSPS) is 8.29. The number of nitrogens with one attached hydrogen (secondary N) is 2. The zero-order valence-electron chi connectivity index (χ0n) is 7.65. The minimum atomic E-state index is -1.59. The number of hydrogen-bond donors (Lipinski definition) is 0. The van der Waals surface area contributed by atoms with Crippen LogP contribution in [0.5, 0.6) is 0 Å². The topological polar surface area (TPSA) is 128 Å². The van der Waals surface area contributed by atoms with Gasteiger partial charge in [0.05, 0.1) is 11.9 Å². The Labute approximate surface area is 96.9 Å².